The van der Waals surface area contributed by atoms with Crippen molar-refractivity contribution in [1.29, 1.82) is 0 Å². The van der Waals surface area contributed by atoms with Crippen LogP contribution >= 0.6 is 0 Å². The maximum atomic E-state index is 6.02. The van der Waals surface area contributed by atoms with Gasteiger partial charge in [0.15, 0.2) is 0 Å². The van der Waals surface area contributed by atoms with E-state index in [4.69, 9.17) is 14.2 Å². The molecule has 0 aliphatic carbocycles. The Morgan fingerprint density at radius 2 is 0.475 bits per heavy atom. The van der Waals surface area contributed by atoms with Gasteiger partial charge >= 0.3 is 0 Å². The van der Waals surface area contributed by atoms with Crippen LogP contribution < -0.4 is 19.1 Å². The number of para-hydroxylation sites is 3. The van der Waals surface area contributed by atoms with Crippen LogP contribution in [0.4, 0.5) is 17.1 Å². The highest BCUT2D eigenvalue weighted by Crippen LogP contribution is 2.38. The van der Waals surface area contributed by atoms with Crippen LogP contribution in [0.5, 0.6) is 34.5 Å². The van der Waals surface area contributed by atoms with Crippen molar-refractivity contribution < 1.29 is 14.2 Å². The van der Waals surface area contributed by atoms with Crippen molar-refractivity contribution in [3.8, 4) is 34.5 Å². The zero-order valence-corrected chi connectivity index (χ0v) is 21.8. The molecule has 40 heavy (non-hydrogen) atoms. The molecule has 0 atom stereocenters. The van der Waals surface area contributed by atoms with Gasteiger partial charge in [0, 0.05) is 17.1 Å². The normalized spacial score (nSPS) is 10.5. The van der Waals surface area contributed by atoms with Crippen LogP contribution in [0.3, 0.4) is 0 Å². The lowest BCUT2D eigenvalue weighted by atomic mass is 10.1. The van der Waals surface area contributed by atoms with Crippen LogP contribution in [-0.4, -0.2) is 0 Å². The van der Waals surface area contributed by atoms with E-state index in [9.17, 15) is 0 Å². The van der Waals surface area contributed by atoms with Crippen LogP contribution in [0.15, 0.2) is 164 Å². The minimum atomic E-state index is 0.771. The molecule has 0 saturated carbocycles. The van der Waals surface area contributed by atoms with Crippen molar-refractivity contribution in [1.82, 2.24) is 0 Å². The summed E-state index contributed by atoms with van der Waals surface area (Å²) in [4.78, 5) is 2.19. The molecule has 0 aromatic heterocycles. The summed E-state index contributed by atoms with van der Waals surface area (Å²) in [6.07, 6.45) is 0. The lowest BCUT2D eigenvalue weighted by Crippen LogP contribution is -2.09. The predicted octanol–water partition coefficient (Wildman–Crippen LogP) is 10.5. The Bertz CT molecular complexity index is 1420. The molecule has 0 heterocycles. The zero-order valence-electron chi connectivity index (χ0n) is 21.8. The molecule has 4 nitrogen and oxygen atoms in total. The van der Waals surface area contributed by atoms with Crippen molar-refractivity contribution in [2.45, 2.75) is 0 Å². The first kappa shape index (κ1) is 24.8. The fourth-order valence-corrected chi connectivity index (χ4v) is 4.31. The van der Waals surface area contributed by atoms with Crippen molar-refractivity contribution >= 4 is 17.1 Å². The second-order valence-electron chi connectivity index (χ2n) is 9.06. The van der Waals surface area contributed by atoms with E-state index in [1.54, 1.807) is 0 Å². The molecule has 0 aliphatic rings. The lowest BCUT2D eigenvalue weighted by Gasteiger charge is -2.26. The van der Waals surface area contributed by atoms with Gasteiger partial charge in [0.05, 0.1) is 0 Å². The number of anilines is 3. The fraction of sp³-hybridized carbons (Fsp3) is 0. The maximum Gasteiger partial charge on any atom is 0.127 e. The Morgan fingerprint density at radius 1 is 0.250 bits per heavy atom. The molecule has 4 heteroatoms. The van der Waals surface area contributed by atoms with E-state index in [2.05, 4.69) is 41.3 Å². The average Bonchev–Trinajstić information content (AvgIpc) is 3.01. The van der Waals surface area contributed by atoms with Gasteiger partial charge < -0.3 is 19.1 Å². The minimum absolute atomic E-state index is 0.771. The maximum absolute atomic E-state index is 6.02. The molecule has 6 aromatic carbocycles. The van der Waals surface area contributed by atoms with E-state index in [0.717, 1.165) is 51.6 Å². The minimum Gasteiger partial charge on any atom is -0.457 e. The molecule has 194 valence electrons. The van der Waals surface area contributed by atoms with Crippen molar-refractivity contribution in [2.75, 3.05) is 4.90 Å². The first-order valence-electron chi connectivity index (χ1n) is 13.1. The second kappa shape index (κ2) is 11.9. The third-order valence-corrected chi connectivity index (χ3v) is 6.22. The molecule has 6 aromatic rings. The first-order valence-corrected chi connectivity index (χ1v) is 13.1. The second-order valence-corrected chi connectivity index (χ2v) is 9.06. The smallest absolute Gasteiger partial charge is 0.127 e. The van der Waals surface area contributed by atoms with Crippen LogP contribution in [0.25, 0.3) is 0 Å². The van der Waals surface area contributed by atoms with Gasteiger partial charge in [-0.05, 0) is 109 Å². The van der Waals surface area contributed by atoms with Gasteiger partial charge in [0.25, 0.3) is 0 Å². The third-order valence-electron chi connectivity index (χ3n) is 6.22. The van der Waals surface area contributed by atoms with E-state index >= 15 is 0 Å². The van der Waals surface area contributed by atoms with E-state index in [1.807, 2.05) is 127 Å². The summed E-state index contributed by atoms with van der Waals surface area (Å²) in [5.41, 5.74) is 2.98. The molecule has 0 amide bonds. The highest BCUT2D eigenvalue weighted by atomic mass is 16.5. The average molecular weight is 522 g/mol. The summed E-state index contributed by atoms with van der Waals surface area (Å²) >= 11 is 0. The van der Waals surface area contributed by atoms with Crippen LogP contribution in [0, 0.1) is 0 Å². The molecular weight excluding hydrogens is 494 g/mol. The summed E-state index contributed by atoms with van der Waals surface area (Å²) in [6, 6.07) is 53.6. The van der Waals surface area contributed by atoms with Gasteiger partial charge in [0.2, 0.25) is 0 Å². The Balaban J connectivity index is 1.28. The Kier molecular flexibility index (Phi) is 7.40. The molecule has 6 rings (SSSR count). The molecule has 0 N–H and O–H groups in total. The molecular formula is C36H27NO3. The number of rotatable bonds is 9. The molecule has 0 radical (unpaired) electrons. The summed E-state index contributed by atoms with van der Waals surface area (Å²) in [5, 5.41) is 0. The van der Waals surface area contributed by atoms with Gasteiger partial charge in [-0.15, -0.1) is 0 Å². The Hall–Kier alpha value is -5.48. The van der Waals surface area contributed by atoms with Gasteiger partial charge in [-0.1, -0.05) is 54.6 Å². The van der Waals surface area contributed by atoms with Crippen LogP contribution in [0.1, 0.15) is 0 Å². The van der Waals surface area contributed by atoms with E-state index < -0.39 is 0 Å². The number of nitrogens with zero attached hydrogens (tertiary/aromatic N) is 1. The standard InChI is InChI=1S/C36H27NO3/c1-4-10-31(11-5-1)38-34-22-16-28(17-23-34)37(29-18-24-35(25-19-29)39-32-12-6-2-7-13-32)30-20-26-36(27-21-30)40-33-14-8-3-9-15-33/h1-27H. The third kappa shape index (κ3) is 6.14. The Labute approximate surface area is 234 Å². The number of benzene rings is 6. The number of ether oxygens (including phenoxy) is 3. The van der Waals surface area contributed by atoms with Gasteiger partial charge in [-0.2, -0.15) is 0 Å². The summed E-state index contributed by atoms with van der Waals surface area (Å²) in [6.45, 7) is 0. The van der Waals surface area contributed by atoms with Crippen LogP contribution in [-0.2, 0) is 0 Å². The molecule has 0 unspecified atom stereocenters. The van der Waals surface area contributed by atoms with E-state index in [0.29, 0.717) is 0 Å². The molecule has 0 saturated heterocycles. The SMILES string of the molecule is c1ccc(Oc2ccc(N(c3ccc(Oc4ccccc4)cc3)c3ccc(Oc4ccccc4)cc3)cc2)cc1. The van der Waals surface area contributed by atoms with Crippen LogP contribution in [0.2, 0.25) is 0 Å². The molecule has 0 bridgehead atoms. The molecule has 0 spiro atoms. The van der Waals surface area contributed by atoms with Crippen molar-refractivity contribution in [3.05, 3.63) is 164 Å². The van der Waals surface area contributed by atoms with Crippen molar-refractivity contribution in [3.63, 3.8) is 0 Å². The topological polar surface area (TPSA) is 30.9 Å². The molecule has 0 aliphatic heterocycles. The highest BCUT2D eigenvalue weighted by molar-refractivity contribution is 5.77. The highest BCUT2D eigenvalue weighted by Gasteiger charge is 2.14. The first-order chi connectivity index (χ1) is 19.8. The largest absolute Gasteiger partial charge is 0.457 e. The van der Waals surface area contributed by atoms with Gasteiger partial charge in [-0.3, -0.25) is 0 Å². The Morgan fingerprint density at radius 3 is 0.725 bits per heavy atom. The lowest BCUT2D eigenvalue weighted by molar-refractivity contribution is 0.482. The van der Waals surface area contributed by atoms with Crippen molar-refractivity contribution in [2.24, 2.45) is 0 Å². The van der Waals surface area contributed by atoms with Gasteiger partial charge in [0.1, 0.15) is 34.5 Å². The fourth-order valence-electron chi connectivity index (χ4n) is 4.31. The number of hydrogen-bond donors (Lipinski definition) is 0. The summed E-state index contributed by atoms with van der Waals surface area (Å²) in [7, 11) is 0. The predicted molar refractivity (Wildman–Crippen MR) is 161 cm³/mol. The summed E-state index contributed by atoms with van der Waals surface area (Å²) in [5.74, 6) is 4.72. The van der Waals surface area contributed by atoms with Gasteiger partial charge in [-0.25, -0.2) is 0 Å². The number of hydrogen-bond acceptors (Lipinski definition) is 4. The quantitative estimate of drug-likeness (QED) is 0.189. The van der Waals surface area contributed by atoms with E-state index in [1.165, 1.54) is 0 Å². The molecule has 0 fully saturated rings. The zero-order chi connectivity index (χ0) is 27.0. The monoisotopic (exact) mass is 521 g/mol. The van der Waals surface area contributed by atoms with E-state index in [-0.39, 0.29) is 0 Å². The summed E-state index contributed by atoms with van der Waals surface area (Å²) < 4.78 is 18.1.